The molecular weight excluding hydrogens is 366 g/mol. The van der Waals surface area contributed by atoms with Gasteiger partial charge in [0.1, 0.15) is 0 Å². The average Bonchev–Trinajstić information content (AvgIpc) is 2.49. The summed E-state index contributed by atoms with van der Waals surface area (Å²) in [7, 11) is 0. The van der Waals surface area contributed by atoms with Gasteiger partial charge in [0.15, 0.2) is 0 Å². The van der Waals surface area contributed by atoms with Gasteiger partial charge in [-0.05, 0) is 42.8 Å². The van der Waals surface area contributed by atoms with Crippen molar-refractivity contribution in [1.82, 2.24) is 5.32 Å². The summed E-state index contributed by atoms with van der Waals surface area (Å²) in [6, 6.07) is 17.0. The van der Waals surface area contributed by atoms with E-state index in [-0.39, 0.29) is 0 Å². The molecule has 0 bridgehead atoms. The molecule has 0 aliphatic carbocycles. The molecule has 0 aromatic heterocycles. The first-order valence-corrected chi connectivity index (χ1v) is 9.20. The molecule has 0 saturated carbocycles. The van der Waals surface area contributed by atoms with E-state index in [1.54, 1.807) is 0 Å². The Morgan fingerprint density at radius 1 is 1.19 bits per heavy atom. The summed E-state index contributed by atoms with van der Waals surface area (Å²) in [6.45, 7) is 3.11. The highest BCUT2D eigenvalue weighted by molar-refractivity contribution is 9.10. The van der Waals surface area contributed by atoms with Crippen LogP contribution in [0.3, 0.4) is 0 Å². The Hall–Kier alpha value is -0.480. The van der Waals surface area contributed by atoms with Crippen LogP contribution in [0.15, 0.2) is 57.9 Å². The topological polar surface area (TPSA) is 12.0 Å². The van der Waals surface area contributed by atoms with Crippen molar-refractivity contribution in [1.29, 1.82) is 0 Å². The minimum Gasteiger partial charge on any atom is -0.313 e. The van der Waals surface area contributed by atoms with Gasteiger partial charge >= 0.3 is 0 Å². The van der Waals surface area contributed by atoms with Gasteiger partial charge in [-0.15, -0.1) is 11.8 Å². The molecule has 112 valence electrons. The molecule has 1 unspecified atom stereocenters. The number of nitrogens with one attached hydrogen (secondary N) is 1. The standard InChI is InChI=1S/C17H19BrClNS/c1-2-20-15(12-21-16-6-4-3-5-7-16)10-13-8-9-14(18)11-17(13)19/h3-9,11,15,20H,2,10,12H2,1H3. The number of hydrogen-bond acceptors (Lipinski definition) is 2. The molecule has 0 amide bonds. The van der Waals surface area contributed by atoms with Crippen molar-refractivity contribution in [3.05, 3.63) is 63.6 Å². The maximum atomic E-state index is 6.33. The van der Waals surface area contributed by atoms with Gasteiger partial charge < -0.3 is 5.32 Å². The predicted molar refractivity (Wildman–Crippen MR) is 97.5 cm³/mol. The fourth-order valence-corrected chi connectivity index (χ4v) is 3.87. The van der Waals surface area contributed by atoms with Crippen LogP contribution in [-0.2, 0) is 6.42 Å². The number of benzene rings is 2. The summed E-state index contributed by atoms with van der Waals surface area (Å²) in [5.41, 5.74) is 1.19. The third-order valence-electron chi connectivity index (χ3n) is 3.17. The van der Waals surface area contributed by atoms with E-state index in [9.17, 15) is 0 Å². The molecule has 2 rings (SSSR count). The third-order valence-corrected chi connectivity index (χ3v) is 5.19. The van der Waals surface area contributed by atoms with Crippen LogP contribution in [0.25, 0.3) is 0 Å². The van der Waals surface area contributed by atoms with Crippen LogP contribution in [0.1, 0.15) is 12.5 Å². The molecule has 0 spiro atoms. The molecule has 1 nitrogen and oxygen atoms in total. The second kappa shape index (κ2) is 8.84. The van der Waals surface area contributed by atoms with Crippen LogP contribution >= 0.6 is 39.3 Å². The number of likely N-dealkylation sites (N-methyl/N-ethyl adjacent to an activating group) is 1. The maximum absolute atomic E-state index is 6.33. The van der Waals surface area contributed by atoms with E-state index in [4.69, 9.17) is 11.6 Å². The second-order valence-electron chi connectivity index (χ2n) is 4.82. The van der Waals surface area contributed by atoms with Gasteiger partial charge in [-0.2, -0.15) is 0 Å². The van der Waals surface area contributed by atoms with Crippen molar-refractivity contribution in [3.63, 3.8) is 0 Å². The first-order chi connectivity index (χ1) is 10.2. The van der Waals surface area contributed by atoms with Gasteiger partial charge in [0.05, 0.1) is 0 Å². The Bertz CT molecular complexity index is 562. The van der Waals surface area contributed by atoms with Crippen LogP contribution < -0.4 is 5.32 Å². The molecule has 0 heterocycles. The molecule has 21 heavy (non-hydrogen) atoms. The quantitative estimate of drug-likeness (QED) is 0.640. The van der Waals surface area contributed by atoms with Gasteiger partial charge in [0.2, 0.25) is 0 Å². The summed E-state index contributed by atoms with van der Waals surface area (Å²) in [5.74, 6) is 1.03. The van der Waals surface area contributed by atoms with Crippen LogP contribution in [0.5, 0.6) is 0 Å². The molecule has 4 heteroatoms. The molecular formula is C17H19BrClNS. The highest BCUT2D eigenvalue weighted by atomic mass is 79.9. The van der Waals surface area contributed by atoms with Crippen molar-refractivity contribution < 1.29 is 0 Å². The van der Waals surface area contributed by atoms with Gasteiger partial charge in [-0.25, -0.2) is 0 Å². The zero-order valence-electron chi connectivity index (χ0n) is 12.0. The molecule has 0 saturated heterocycles. The van der Waals surface area contributed by atoms with Crippen molar-refractivity contribution in [2.75, 3.05) is 12.3 Å². The van der Waals surface area contributed by atoms with Gasteiger partial charge in [0, 0.05) is 26.2 Å². The van der Waals surface area contributed by atoms with Gasteiger partial charge in [0.25, 0.3) is 0 Å². The Balaban J connectivity index is 1.98. The van der Waals surface area contributed by atoms with Crippen molar-refractivity contribution >= 4 is 39.3 Å². The van der Waals surface area contributed by atoms with Crippen molar-refractivity contribution in [2.24, 2.45) is 0 Å². The minimum absolute atomic E-state index is 0.416. The zero-order chi connectivity index (χ0) is 15.1. The summed E-state index contributed by atoms with van der Waals surface area (Å²) in [5, 5.41) is 4.38. The molecule has 2 aromatic rings. The lowest BCUT2D eigenvalue weighted by Gasteiger charge is -2.18. The number of halogens is 2. The molecule has 0 aliphatic rings. The van der Waals surface area contributed by atoms with E-state index >= 15 is 0 Å². The monoisotopic (exact) mass is 383 g/mol. The first kappa shape index (κ1) is 16.9. The van der Waals surface area contributed by atoms with E-state index in [1.807, 2.05) is 23.9 Å². The molecule has 1 atom stereocenters. The van der Waals surface area contributed by atoms with Gasteiger partial charge in [-0.1, -0.05) is 58.7 Å². The van der Waals surface area contributed by atoms with Crippen LogP contribution in [0.4, 0.5) is 0 Å². The highest BCUT2D eigenvalue weighted by Gasteiger charge is 2.11. The largest absolute Gasteiger partial charge is 0.313 e. The number of hydrogen-bond donors (Lipinski definition) is 1. The lowest BCUT2D eigenvalue weighted by Crippen LogP contribution is -2.33. The second-order valence-corrected chi connectivity index (χ2v) is 7.23. The first-order valence-electron chi connectivity index (χ1n) is 7.04. The van der Waals surface area contributed by atoms with E-state index in [2.05, 4.69) is 64.6 Å². The van der Waals surface area contributed by atoms with E-state index in [0.29, 0.717) is 6.04 Å². The Kier molecular flexibility index (Phi) is 7.11. The highest BCUT2D eigenvalue weighted by Crippen LogP contribution is 2.24. The van der Waals surface area contributed by atoms with Crippen molar-refractivity contribution in [2.45, 2.75) is 24.3 Å². The molecule has 2 aromatic carbocycles. The predicted octanol–water partition coefficient (Wildman–Crippen LogP) is 5.42. The normalized spacial score (nSPS) is 12.3. The molecule has 1 N–H and O–H groups in total. The smallest absolute Gasteiger partial charge is 0.0449 e. The van der Waals surface area contributed by atoms with Crippen molar-refractivity contribution in [3.8, 4) is 0 Å². The number of rotatable bonds is 7. The number of thioether (sulfide) groups is 1. The lowest BCUT2D eigenvalue weighted by molar-refractivity contribution is 0.572. The van der Waals surface area contributed by atoms with E-state index in [0.717, 1.165) is 28.2 Å². The average molecular weight is 385 g/mol. The molecule has 0 radical (unpaired) electrons. The fourth-order valence-electron chi connectivity index (χ4n) is 2.14. The summed E-state index contributed by atoms with van der Waals surface area (Å²) >= 11 is 11.7. The molecule has 0 aliphatic heterocycles. The Morgan fingerprint density at radius 2 is 1.95 bits per heavy atom. The Labute approximate surface area is 144 Å². The minimum atomic E-state index is 0.416. The van der Waals surface area contributed by atoms with Crippen LogP contribution in [0, 0.1) is 0 Å². The maximum Gasteiger partial charge on any atom is 0.0449 e. The molecule has 0 fully saturated rings. The van der Waals surface area contributed by atoms with Crippen LogP contribution in [0.2, 0.25) is 5.02 Å². The zero-order valence-corrected chi connectivity index (χ0v) is 15.1. The van der Waals surface area contributed by atoms with E-state index in [1.165, 1.54) is 10.5 Å². The van der Waals surface area contributed by atoms with Gasteiger partial charge in [-0.3, -0.25) is 0 Å². The lowest BCUT2D eigenvalue weighted by atomic mass is 10.1. The summed E-state index contributed by atoms with van der Waals surface area (Å²) in [4.78, 5) is 1.31. The van der Waals surface area contributed by atoms with E-state index < -0.39 is 0 Å². The Morgan fingerprint density at radius 3 is 2.62 bits per heavy atom. The summed E-state index contributed by atoms with van der Waals surface area (Å²) < 4.78 is 1.02. The van der Waals surface area contributed by atoms with Crippen LogP contribution in [-0.4, -0.2) is 18.3 Å². The summed E-state index contributed by atoms with van der Waals surface area (Å²) in [6.07, 6.45) is 0.944. The SMILES string of the molecule is CCNC(CSc1ccccc1)Cc1ccc(Br)cc1Cl. The fraction of sp³-hybridized carbons (Fsp3) is 0.294. The third kappa shape index (κ3) is 5.67.